The molecular formula is C22H30N4O7S. The van der Waals surface area contributed by atoms with Gasteiger partial charge in [0.15, 0.2) is 0 Å². The molecular weight excluding hydrogens is 464 g/mol. The van der Waals surface area contributed by atoms with Gasteiger partial charge in [0, 0.05) is 39.0 Å². The Morgan fingerprint density at radius 1 is 1.24 bits per heavy atom. The van der Waals surface area contributed by atoms with Crippen molar-refractivity contribution in [3.63, 3.8) is 0 Å². The minimum Gasteiger partial charge on any atom is -0.491 e. The molecule has 3 atom stereocenters. The van der Waals surface area contributed by atoms with Gasteiger partial charge in [-0.05, 0) is 31.0 Å². The van der Waals surface area contributed by atoms with Crippen LogP contribution in [-0.4, -0.2) is 86.8 Å². The van der Waals surface area contributed by atoms with Gasteiger partial charge in [-0.15, -0.1) is 0 Å². The standard InChI is InChI=1S/C22H30N4O7S/c1-14-11-26(34(5,29)30)15(2)13-32-18-7-6-16(24-21(27)19-8-9-23-33-19)10-17(18)22(28)25(3)12-20(14)31-4/h6-10,14-15,20H,11-13H2,1-5H3,(H,24,27)/t14-,15+,20+/m1/s1. The third-order valence-electron chi connectivity index (χ3n) is 5.73. The lowest BCUT2D eigenvalue weighted by atomic mass is 10.0. The Morgan fingerprint density at radius 3 is 2.59 bits per heavy atom. The fourth-order valence-corrected chi connectivity index (χ4v) is 5.03. The molecule has 1 N–H and O–H groups in total. The van der Waals surface area contributed by atoms with Crippen LogP contribution in [0.25, 0.3) is 0 Å². The van der Waals surface area contributed by atoms with E-state index in [4.69, 9.17) is 14.0 Å². The summed E-state index contributed by atoms with van der Waals surface area (Å²) in [5.74, 6) is -0.730. The molecule has 3 rings (SSSR count). The number of benzene rings is 1. The van der Waals surface area contributed by atoms with Crippen LogP contribution in [0, 0.1) is 5.92 Å². The topological polar surface area (TPSA) is 131 Å². The van der Waals surface area contributed by atoms with Crippen molar-refractivity contribution in [3.05, 3.63) is 41.8 Å². The normalized spacial score (nSPS) is 22.8. The molecule has 34 heavy (non-hydrogen) atoms. The predicted molar refractivity (Wildman–Crippen MR) is 124 cm³/mol. The number of sulfonamides is 1. The highest BCUT2D eigenvalue weighted by Gasteiger charge is 2.32. The molecule has 0 aliphatic carbocycles. The number of ether oxygens (including phenoxy) is 2. The van der Waals surface area contributed by atoms with Gasteiger partial charge in [-0.3, -0.25) is 9.59 Å². The van der Waals surface area contributed by atoms with E-state index in [9.17, 15) is 18.0 Å². The summed E-state index contributed by atoms with van der Waals surface area (Å²) in [7, 11) is -0.348. The average molecular weight is 495 g/mol. The van der Waals surface area contributed by atoms with Gasteiger partial charge in [0.1, 0.15) is 12.4 Å². The van der Waals surface area contributed by atoms with Crippen LogP contribution in [0.5, 0.6) is 5.75 Å². The highest BCUT2D eigenvalue weighted by molar-refractivity contribution is 7.88. The van der Waals surface area contributed by atoms with Crippen LogP contribution in [0.4, 0.5) is 5.69 Å². The first-order valence-electron chi connectivity index (χ1n) is 10.7. The number of carbonyl (C=O) groups is 2. The molecule has 0 saturated heterocycles. The third-order valence-corrected chi connectivity index (χ3v) is 7.09. The van der Waals surface area contributed by atoms with Gasteiger partial charge in [-0.2, -0.15) is 4.31 Å². The summed E-state index contributed by atoms with van der Waals surface area (Å²) < 4.78 is 42.7. The Labute approximate surface area is 199 Å². The Bertz CT molecular complexity index is 1120. The van der Waals surface area contributed by atoms with E-state index in [0.29, 0.717) is 5.69 Å². The van der Waals surface area contributed by atoms with E-state index >= 15 is 0 Å². The van der Waals surface area contributed by atoms with Crippen molar-refractivity contribution >= 4 is 27.5 Å². The fourth-order valence-electron chi connectivity index (χ4n) is 3.81. The lowest BCUT2D eigenvalue weighted by Crippen LogP contribution is -2.48. The number of hydrogen-bond donors (Lipinski definition) is 1. The lowest BCUT2D eigenvalue weighted by Gasteiger charge is -2.34. The number of aromatic nitrogens is 1. The number of likely N-dealkylation sites (N-methyl/N-ethyl adjacent to an activating group) is 1. The Kier molecular flexibility index (Phi) is 7.95. The smallest absolute Gasteiger partial charge is 0.294 e. The second-order valence-corrected chi connectivity index (χ2v) is 10.4. The van der Waals surface area contributed by atoms with Crippen molar-refractivity contribution in [1.82, 2.24) is 14.4 Å². The number of rotatable bonds is 4. The Morgan fingerprint density at radius 2 is 1.97 bits per heavy atom. The van der Waals surface area contributed by atoms with Crippen molar-refractivity contribution < 1.29 is 32.0 Å². The van der Waals surface area contributed by atoms with Crippen LogP contribution in [-0.2, 0) is 14.8 Å². The van der Waals surface area contributed by atoms with E-state index in [1.807, 2.05) is 6.92 Å². The molecule has 11 nitrogen and oxygen atoms in total. The van der Waals surface area contributed by atoms with Crippen molar-refractivity contribution in [2.24, 2.45) is 5.92 Å². The number of anilines is 1. The zero-order valence-corrected chi connectivity index (χ0v) is 20.7. The minimum atomic E-state index is -3.52. The zero-order valence-electron chi connectivity index (χ0n) is 19.8. The summed E-state index contributed by atoms with van der Waals surface area (Å²) in [5.41, 5.74) is 0.583. The van der Waals surface area contributed by atoms with E-state index in [1.54, 1.807) is 26.1 Å². The molecule has 0 spiro atoms. The molecule has 1 aliphatic rings. The van der Waals surface area contributed by atoms with Crippen LogP contribution >= 0.6 is 0 Å². The van der Waals surface area contributed by atoms with Crippen molar-refractivity contribution in [1.29, 1.82) is 0 Å². The van der Waals surface area contributed by atoms with Gasteiger partial charge in [0.25, 0.3) is 11.8 Å². The quantitative estimate of drug-likeness (QED) is 0.679. The van der Waals surface area contributed by atoms with Crippen molar-refractivity contribution in [3.8, 4) is 5.75 Å². The molecule has 0 bridgehead atoms. The maximum atomic E-state index is 13.3. The molecule has 1 aromatic carbocycles. The number of nitrogens with one attached hydrogen (secondary N) is 1. The maximum absolute atomic E-state index is 13.3. The molecule has 12 heteroatoms. The summed E-state index contributed by atoms with van der Waals surface area (Å²) in [6, 6.07) is 5.60. The minimum absolute atomic E-state index is 0.0269. The van der Waals surface area contributed by atoms with E-state index in [1.165, 1.54) is 34.6 Å². The first-order valence-corrected chi connectivity index (χ1v) is 12.6. The Balaban J connectivity index is 1.97. The lowest BCUT2D eigenvalue weighted by molar-refractivity contribution is 0.0213. The number of amides is 2. The SMILES string of the molecule is CO[C@H]1CN(C)C(=O)c2cc(NC(=O)c3ccno3)ccc2OC[C@H](C)N(S(C)(=O)=O)C[C@H]1C. The molecule has 0 radical (unpaired) electrons. The summed E-state index contributed by atoms with van der Waals surface area (Å²) in [5, 5.41) is 6.18. The van der Waals surface area contributed by atoms with E-state index in [-0.39, 0.29) is 48.6 Å². The van der Waals surface area contributed by atoms with Crippen molar-refractivity contribution in [2.45, 2.75) is 26.0 Å². The summed E-state index contributed by atoms with van der Waals surface area (Å²) >= 11 is 0. The fraction of sp³-hybridized carbons (Fsp3) is 0.500. The van der Waals surface area contributed by atoms with E-state index in [0.717, 1.165) is 6.26 Å². The second kappa shape index (κ2) is 10.5. The number of fused-ring (bicyclic) bond motifs is 1. The molecule has 0 saturated carbocycles. The first-order chi connectivity index (χ1) is 16.0. The highest BCUT2D eigenvalue weighted by atomic mass is 32.2. The van der Waals surface area contributed by atoms with E-state index in [2.05, 4.69) is 10.5 Å². The molecule has 2 aromatic rings. The zero-order chi connectivity index (χ0) is 25.0. The van der Waals surface area contributed by atoms with Crippen LogP contribution in [0.1, 0.15) is 34.8 Å². The summed E-state index contributed by atoms with van der Waals surface area (Å²) in [6.45, 7) is 4.13. The molecule has 0 fully saturated rings. The van der Waals surface area contributed by atoms with Crippen LogP contribution in [0.15, 0.2) is 35.0 Å². The largest absolute Gasteiger partial charge is 0.491 e. The van der Waals surface area contributed by atoms with Gasteiger partial charge < -0.3 is 24.2 Å². The summed E-state index contributed by atoms with van der Waals surface area (Å²) in [4.78, 5) is 27.2. The molecule has 186 valence electrons. The van der Waals surface area contributed by atoms with Crippen LogP contribution < -0.4 is 10.1 Å². The number of hydrogen-bond acceptors (Lipinski definition) is 8. The molecule has 2 heterocycles. The van der Waals surface area contributed by atoms with Gasteiger partial charge in [-0.25, -0.2) is 8.42 Å². The number of carbonyl (C=O) groups excluding carboxylic acids is 2. The average Bonchev–Trinajstić information content (AvgIpc) is 3.32. The highest BCUT2D eigenvalue weighted by Crippen LogP contribution is 2.27. The second-order valence-electron chi connectivity index (χ2n) is 8.47. The molecule has 1 aromatic heterocycles. The van der Waals surface area contributed by atoms with Crippen molar-refractivity contribution in [2.75, 3.05) is 45.4 Å². The van der Waals surface area contributed by atoms with E-state index < -0.39 is 28.1 Å². The molecule has 1 aliphatic heterocycles. The van der Waals surface area contributed by atoms with Gasteiger partial charge >= 0.3 is 0 Å². The maximum Gasteiger partial charge on any atom is 0.294 e. The van der Waals surface area contributed by atoms with Gasteiger partial charge in [-0.1, -0.05) is 12.1 Å². The number of methoxy groups -OCH3 is 1. The monoisotopic (exact) mass is 494 g/mol. The predicted octanol–water partition coefficient (Wildman–Crippen LogP) is 1.69. The third kappa shape index (κ3) is 5.93. The van der Waals surface area contributed by atoms with Crippen LogP contribution in [0.2, 0.25) is 0 Å². The van der Waals surface area contributed by atoms with Gasteiger partial charge in [0.05, 0.1) is 30.2 Å². The molecule has 0 unspecified atom stereocenters. The van der Waals surface area contributed by atoms with Gasteiger partial charge in [0.2, 0.25) is 15.8 Å². The summed E-state index contributed by atoms with van der Waals surface area (Å²) in [6.07, 6.45) is 2.12. The Hall–Kier alpha value is -2.96. The first kappa shape index (κ1) is 25.7. The number of nitrogens with zero attached hydrogens (tertiary/aromatic N) is 3. The molecule has 2 amide bonds. The van der Waals surface area contributed by atoms with Crippen LogP contribution in [0.3, 0.4) is 0 Å².